The molecule has 0 aromatic heterocycles. The van der Waals surface area contributed by atoms with Crippen LogP contribution in [0.15, 0.2) is 24.3 Å². The van der Waals surface area contributed by atoms with Gasteiger partial charge >= 0.3 is 0 Å². The smallest absolute Gasteiger partial charge is 0.222 e. The highest BCUT2D eigenvalue weighted by atomic mass is 16.3. The molecule has 82 valence electrons. The van der Waals surface area contributed by atoms with E-state index >= 15 is 0 Å². The van der Waals surface area contributed by atoms with Gasteiger partial charge in [0.2, 0.25) is 5.91 Å². The van der Waals surface area contributed by atoms with Crippen molar-refractivity contribution in [3.8, 4) is 5.75 Å². The average Bonchev–Trinajstić information content (AvgIpc) is 2.26. The lowest BCUT2D eigenvalue weighted by atomic mass is 10.1. The molecule has 1 amide bonds. The summed E-state index contributed by atoms with van der Waals surface area (Å²) in [4.78, 5) is 13.2. The molecule has 0 aliphatic rings. The van der Waals surface area contributed by atoms with Crippen LogP contribution >= 0.6 is 0 Å². The van der Waals surface area contributed by atoms with Crippen molar-refractivity contribution in [1.29, 1.82) is 0 Å². The first-order valence-corrected chi connectivity index (χ1v) is 5.16. The van der Waals surface area contributed by atoms with Crippen LogP contribution in [0.5, 0.6) is 5.75 Å². The molecule has 0 bridgehead atoms. The Morgan fingerprint density at radius 1 is 1.40 bits per heavy atom. The van der Waals surface area contributed by atoms with Gasteiger partial charge in [0.25, 0.3) is 0 Å². The quantitative estimate of drug-likeness (QED) is 0.818. The molecule has 3 heteroatoms. The maximum absolute atomic E-state index is 11.5. The van der Waals surface area contributed by atoms with Gasteiger partial charge in [-0.2, -0.15) is 0 Å². The van der Waals surface area contributed by atoms with Gasteiger partial charge in [-0.15, -0.1) is 0 Å². The van der Waals surface area contributed by atoms with E-state index in [2.05, 4.69) is 0 Å². The average molecular weight is 207 g/mol. The van der Waals surface area contributed by atoms with Crippen molar-refractivity contribution < 1.29 is 9.90 Å². The van der Waals surface area contributed by atoms with Gasteiger partial charge in [0.1, 0.15) is 5.75 Å². The van der Waals surface area contributed by atoms with Crippen LogP contribution in [0, 0.1) is 0 Å². The third-order valence-corrected chi connectivity index (χ3v) is 2.50. The summed E-state index contributed by atoms with van der Waals surface area (Å²) in [5.41, 5.74) is 0.829. The molecule has 0 atom stereocenters. The molecule has 1 rings (SSSR count). The number of amides is 1. The minimum Gasteiger partial charge on any atom is -0.508 e. The number of hydrogen-bond acceptors (Lipinski definition) is 2. The predicted molar refractivity (Wildman–Crippen MR) is 59.7 cm³/mol. The molecular formula is C12H17NO2. The van der Waals surface area contributed by atoms with Gasteiger partial charge in [0, 0.05) is 20.0 Å². The molecule has 0 radical (unpaired) electrons. The first-order chi connectivity index (χ1) is 7.15. The van der Waals surface area contributed by atoms with Crippen molar-refractivity contribution >= 4 is 5.91 Å². The Morgan fingerprint density at radius 3 is 2.67 bits per heavy atom. The van der Waals surface area contributed by atoms with E-state index in [1.54, 1.807) is 24.1 Å². The summed E-state index contributed by atoms with van der Waals surface area (Å²) < 4.78 is 0. The molecule has 0 spiro atoms. The molecule has 0 heterocycles. The van der Waals surface area contributed by atoms with Gasteiger partial charge in [-0.3, -0.25) is 4.79 Å². The number of phenols is 1. The molecule has 1 aromatic rings. The van der Waals surface area contributed by atoms with E-state index in [-0.39, 0.29) is 11.7 Å². The van der Waals surface area contributed by atoms with Crippen molar-refractivity contribution in [3.63, 3.8) is 0 Å². The Balaban J connectivity index is 2.51. The van der Waals surface area contributed by atoms with E-state index < -0.39 is 0 Å². The van der Waals surface area contributed by atoms with Crippen LogP contribution in [0.2, 0.25) is 0 Å². The highest BCUT2D eigenvalue weighted by Gasteiger charge is 2.07. The minimum atomic E-state index is 0.112. The molecule has 15 heavy (non-hydrogen) atoms. The third kappa shape index (κ3) is 3.27. The molecule has 0 unspecified atom stereocenters. The lowest BCUT2D eigenvalue weighted by molar-refractivity contribution is -0.129. The second kappa shape index (κ2) is 5.39. The second-order valence-electron chi connectivity index (χ2n) is 3.54. The van der Waals surface area contributed by atoms with E-state index in [0.29, 0.717) is 12.8 Å². The SMILES string of the molecule is CCN(C)C(=O)CCc1ccccc1O. The largest absolute Gasteiger partial charge is 0.508 e. The van der Waals surface area contributed by atoms with Crippen LogP contribution in [-0.2, 0) is 11.2 Å². The fourth-order valence-electron chi connectivity index (χ4n) is 1.33. The molecule has 0 aliphatic carbocycles. The number of aromatic hydroxyl groups is 1. The summed E-state index contributed by atoms with van der Waals surface area (Å²) in [7, 11) is 1.78. The number of phenolic OH excluding ortho intramolecular Hbond substituents is 1. The first-order valence-electron chi connectivity index (χ1n) is 5.16. The number of carbonyl (C=O) groups excluding carboxylic acids is 1. The molecular weight excluding hydrogens is 190 g/mol. The summed E-state index contributed by atoms with van der Waals surface area (Å²) in [6.07, 6.45) is 1.04. The lowest BCUT2D eigenvalue weighted by Crippen LogP contribution is -2.26. The Hall–Kier alpha value is -1.51. The van der Waals surface area contributed by atoms with Gasteiger partial charge in [-0.05, 0) is 25.0 Å². The fourth-order valence-corrected chi connectivity index (χ4v) is 1.33. The van der Waals surface area contributed by atoms with Crippen LogP contribution < -0.4 is 0 Å². The van der Waals surface area contributed by atoms with Gasteiger partial charge < -0.3 is 10.0 Å². The minimum absolute atomic E-state index is 0.112. The van der Waals surface area contributed by atoms with Crippen molar-refractivity contribution in [3.05, 3.63) is 29.8 Å². The number of benzene rings is 1. The third-order valence-electron chi connectivity index (χ3n) is 2.50. The zero-order chi connectivity index (χ0) is 11.3. The summed E-state index contributed by atoms with van der Waals surface area (Å²) in [5.74, 6) is 0.380. The number of aryl methyl sites for hydroxylation is 1. The maximum Gasteiger partial charge on any atom is 0.222 e. The van der Waals surface area contributed by atoms with Crippen LogP contribution in [0.4, 0.5) is 0 Å². The summed E-state index contributed by atoms with van der Waals surface area (Å²) in [6.45, 7) is 2.66. The topological polar surface area (TPSA) is 40.5 Å². The van der Waals surface area contributed by atoms with Crippen LogP contribution in [-0.4, -0.2) is 29.5 Å². The van der Waals surface area contributed by atoms with E-state index in [9.17, 15) is 9.90 Å². The van der Waals surface area contributed by atoms with Crippen molar-refractivity contribution in [2.45, 2.75) is 19.8 Å². The number of rotatable bonds is 4. The van der Waals surface area contributed by atoms with E-state index in [4.69, 9.17) is 0 Å². The molecule has 1 aromatic carbocycles. The molecule has 0 aliphatic heterocycles. The number of carbonyl (C=O) groups is 1. The monoisotopic (exact) mass is 207 g/mol. The maximum atomic E-state index is 11.5. The van der Waals surface area contributed by atoms with Crippen molar-refractivity contribution in [2.24, 2.45) is 0 Å². The zero-order valence-corrected chi connectivity index (χ0v) is 9.23. The van der Waals surface area contributed by atoms with Gasteiger partial charge in [-0.25, -0.2) is 0 Å². The van der Waals surface area contributed by atoms with E-state index in [1.807, 2.05) is 19.1 Å². The first kappa shape index (κ1) is 11.6. The Morgan fingerprint density at radius 2 is 2.07 bits per heavy atom. The van der Waals surface area contributed by atoms with Crippen LogP contribution in [0.3, 0.4) is 0 Å². The highest BCUT2D eigenvalue weighted by Crippen LogP contribution is 2.17. The second-order valence-corrected chi connectivity index (χ2v) is 3.54. The fraction of sp³-hybridized carbons (Fsp3) is 0.417. The Bertz CT molecular complexity index is 336. The number of nitrogens with zero attached hydrogens (tertiary/aromatic N) is 1. The summed E-state index contributed by atoms with van der Waals surface area (Å²) >= 11 is 0. The predicted octanol–water partition coefficient (Wildman–Crippen LogP) is 1.80. The summed E-state index contributed by atoms with van der Waals surface area (Å²) in [6, 6.07) is 7.12. The van der Waals surface area contributed by atoms with E-state index in [1.165, 1.54) is 0 Å². The lowest BCUT2D eigenvalue weighted by Gasteiger charge is -2.14. The van der Waals surface area contributed by atoms with Gasteiger partial charge in [0.05, 0.1) is 0 Å². The Labute approximate surface area is 90.3 Å². The number of hydrogen-bond donors (Lipinski definition) is 1. The van der Waals surface area contributed by atoms with Gasteiger partial charge in [0.15, 0.2) is 0 Å². The highest BCUT2D eigenvalue weighted by molar-refractivity contribution is 5.76. The van der Waals surface area contributed by atoms with Crippen LogP contribution in [0.25, 0.3) is 0 Å². The molecule has 3 nitrogen and oxygen atoms in total. The standard InChI is InChI=1S/C12H17NO2/c1-3-13(2)12(15)9-8-10-6-4-5-7-11(10)14/h4-7,14H,3,8-9H2,1-2H3. The van der Waals surface area contributed by atoms with Gasteiger partial charge in [-0.1, -0.05) is 18.2 Å². The van der Waals surface area contributed by atoms with Crippen molar-refractivity contribution in [1.82, 2.24) is 4.90 Å². The molecule has 0 saturated carbocycles. The Kier molecular flexibility index (Phi) is 4.16. The zero-order valence-electron chi connectivity index (χ0n) is 9.23. The number of para-hydroxylation sites is 1. The normalized spacial score (nSPS) is 10.0. The summed E-state index contributed by atoms with van der Waals surface area (Å²) in [5, 5.41) is 9.49. The van der Waals surface area contributed by atoms with Crippen LogP contribution in [0.1, 0.15) is 18.9 Å². The van der Waals surface area contributed by atoms with E-state index in [0.717, 1.165) is 12.1 Å². The molecule has 0 fully saturated rings. The van der Waals surface area contributed by atoms with Crippen molar-refractivity contribution in [2.75, 3.05) is 13.6 Å². The molecule has 0 saturated heterocycles. The molecule has 1 N–H and O–H groups in total.